The average Bonchev–Trinajstić information content (AvgIpc) is 1.67. The van der Waals surface area contributed by atoms with E-state index in [0.717, 1.165) is 6.04 Å². The molecule has 0 aliphatic carbocycles. The van der Waals surface area contributed by atoms with Gasteiger partial charge in [0.05, 0.1) is 0 Å². The van der Waals surface area contributed by atoms with Gasteiger partial charge in [-0.05, 0) is 27.4 Å². The van der Waals surface area contributed by atoms with Crippen molar-refractivity contribution in [3.05, 3.63) is 0 Å². The summed E-state index contributed by atoms with van der Waals surface area (Å²) >= 11 is 0. The minimum Gasteiger partial charge on any atom is -0.307 e. The fourth-order valence-corrected chi connectivity index (χ4v) is 0.676. The molecule has 0 aliphatic heterocycles. The first-order valence-electron chi connectivity index (χ1n) is 3.35. The Morgan fingerprint density at radius 2 is 1.88 bits per heavy atom. The highest BCUT2D eigenvalue weighted by molar-refractivity contribution is 4.56. The van der Waals surface area contributed by atoms with Crippen LogP contribution in [-0.4, -0.2) is 25.0 Å². The van der Waals surface area contributed by atoms with E-state index in [0.29, 0.717) is 0 Å². The van der Waals surface area contributed by atoms with Crippen LogP contribution in [0.3, 0.4) is 0 Å². The molecule has 0 spiro atoms. The monoisotopic (exact) mass is 115 g/mol. The van der Waals surface area contributed by atoms with E-state index in [1.165, 1.54) is 12.8 Å². The van der Waals surface area contributed by atoms with Crippen molar-refractivity contribution in [2.45, 2.75) is 32.7 Å². The van der Waals surface area contributed by atoms with Gasteiger partial charge in [-0.3, -0.25) is 0 Å². The molecular weight excluding hydrogens is 98.1 g/mol. The molecule has 1 nitrogen and oxygen atoms in total. The van der Waals surface area contributed by atoms with Crippen molar-refractivity contribution in [2.75, 3.05) is 14.1 Å². The molecular formula is C7H17N. The molecule has 0 fully saturated rings. The zero-order chi connectivity index (χ0) is 6.57. The summed E-state index contributed by atoms with van der Waals surface area (Å²) in [4.78, 5) is 2.25. The van der Waals surface area contributed by atoms with Gasteiger partial charge in [-0.1, -0.05) is 13.3 Å². The van der Waals surface area contributed by atoms with Gasteiger partial charge in [0, 0.05) is 6.04 Å². The Bertz CT molecular complexity index is 50.3. The van der Waals surface area contributed by atoms with Crippen LogP contribution in [0.15, 0.2) is 0 Å². The maximum Gasteiger partial charge on any atom is 0.00607 e. The molecule has 1 atom stereocenters. The lowest BCUT2D eigenvalue weighted by atomic mass is 10.2. The van der Waals surface area contributed by atoms with Gasteiger partial charge in [-0.2, -0.15) is 0 Å². The van der Waals surface area contributed by atoms with Crippen LogP contribution in [0.5, 0.6) is 0 Å². The SMILES string of the molecule is CCC[C@H](C)N(C)C. The lowest BCUT2D eigenvalue weighted by Crippen LogP contribution is -2.23. The highest BCUT2D eigenvalue weighted by Gasteiger charge is 1.99. The maximum atomic E-state index is 2.25. The summed E-state index contributed by atoms with van der Waals surface area (Å²) in [5.41, 5.74) is 0. The fourth-order valence-electron chi connectivity index (χ4n) is 0.676. The first kappa shape index (κ1) is 7.96. The molecule has 0 saturated carbocycles. The van der Waals surface area contributed by atoms with Crippen molar-refractivity contribution in [1.29, 1.82) is 0 Å². The summed E-state index contributed by atoms with van der Waals surface area (Å²) in [7, 11) is 4.25. The second-order valence-corrected chi connectivity index (χ2v) is 2.60. The Balaban J connectivity index is 3.17. The molecule has 0 radical (unpaired) electrons. The third kappa shape index (κ3) is 3.03. The van der Waals surface area contributed by atoms with Crippen LogP contribution in [0.4, 0.5) is 0 Å². The summed E-state index contributed by atoms with van der Waals surface area (Å²) in [6.07, 6.45) is 2.60. The maximum absolute atomic E-state index is 2.25. The normalized spacial score (nSPS) is 14.6. The van der Waals surface area contributed by atoms with Crippen LogP contribution in [0, 0.1) is 0 Å². The van der Waals surface area contributed by atoms with Crippen LogP contribution in [-0.2, 0) is 0 Å². The van der Waals surface area contributed by atoms with E-state index in [-0.39, 0.29) is 0 Å². The lowest BCUT2D eigenvalue weighted by Gasteiger charge is -2.17. The molecule has 0 aromatic rings. The Morgan fingerprint density at radius 3 is 2.00 bits per heavy atom. The third-order valence-corrected chi connectivity index (χ3v) is 1.59. The molecule has 0 aliphatic rings. The molecule has 0 bridgehead atoms. The van der Waals surface area contributed by atoms with Crippen LogP contribution < -0.4 is 0 Å². The van der Waals surface area contributed by atoms with E-state index < -0.39 is 0 Å². The predicted molar refractivity (Wildman–Crippen MR) is 38.1 cm³/mol. The van der Waals surface area contributed by atoms with Crippen molar-refractivity contribution in [1.82, 2.24) is 4.90 Å². The van der Waals surface area contributed by atoms with Crippen molar-refractivity contribution in [3.8, 4) is 0 Å². The second kappa shape index (κ2) is 3.90. The molecule has 8 heavy (non-hydrogen) atoms. The van der Waals surface area contributed by atoms with Crippen LogP contribution in [0.25, 0.3) is 0 Å². The zero-order valence-electron chi connectivity index (χ0n) is 6.44. The standard InChI is InChI=1S/C7H17N/c1-5-6-7(2)8(3)4/h7H,5-6H2,1-4H3/t7-/m0/s1. The molecule has 0 aromatic carbocycles. The van der Waals surface area contributed by atoms with E-state index >= 15 is 0 Å². The molecule has 1 heteroatoms. The number of hydrogen-bond donors (Lipinski definition) is 0. The Hall–Kier alpha value is -0.0400. The fraction of sp³-hybridized carbons (Fsp3) is 1.00. The molecule has 0 saturated heterocycles. The van der Waals surface area contributed by atoms with Crippen molar-refractivity contribution < 1.29 is 0 Å². The molecule has 0 unspecified atom stereocenters. The van der Waals surface area contributed by atoms with Gasteiger partial charge < -0.3 is 4.90 Å². The van der Waals surface area contributed by atoms with Crippen molar-refractivity contribution >= 4 is 0 Å². The van der Waals surface area contributed by atoms with E-state index in [2.05, 4.69) is 32.8 Å². The topological polar surface area (TPSA) is 3.24 Å². The van der Waals surface area contributed by atoms with Gasteiger partial charge in [0.2, 0.25) is 0 Å². The Labute approximate surface area is 52.7 Å². The lowest BCUT2D eigenvalue weighted by molar-refractivity contribution is 0.297. The highest BCUT2D eigenvalue weighted by atomic mass is 15.1. The van der Waals surface area contributed by atoms with Gasteiger partial charge in [-0.25, -0.2) is 0 Å². The molecule has 0 aromatic heterocycles. The van der Waals surface area contributed by atoms with Gasteiger partial charge >= 0.3 is 0 Å². The first-order valence-corrected chi connectivity index (χ1v) is 3.35. The summed E-state index contributed by atoms with van der Waals surface area (Å²) in [6, 6.07) is 0.750. The minimum atomic E-state index is 0.750. The summed E-state index contributed by atoms with van der Waals surface area (Å²) in [6.45, 7) is 4.48. The second-order valence-electron chi connectivity index (χ2n) is 2.60. The highest BCUT2D eigenvalue weighted by Crippen LogP contribution is 1.99. The van der Waals surface area contributed by atoms with E-state index in [1.807, 2.05) is 0 Å². The number of rotatable bonds is 3. The van der Waals surface area contributed by atoms with E-state index in [9.17, 15) is 0 Å². The predicted octanol–water partition coefficient (Wildman–Crippen LogP) is 1.74. The number of hydrogen-bond acceptors (Lipinski definition) is 1. The van der Waals surface area contributed by atoms with Gasteiger partial charge in [0.15, 0.2) is 0 Å². The molecule has 0 amide bonds. The molecule has 0 rings (SSSR count). The first-order chi connectivity index (χ1) is 3.68. The Morgan fingerprint density at radius 1 is 1.38 bits per heavy atom. The number of nitrogens with zero attached hydrogens (tertiary/aromatic N) is 1. The van der Waals surface area contributed by atoms with Crippen LogP contribution in [0.1, 0.15) is 26.7 Å². The summed E-state index contributed by atoms with van der Waals surface area (Å²) < 4.78 is 0. The van der Waals surface area contributed by atoms with Crippen molar-refractivity contribution in [2.24, 2.45) is 0 Å². The van der Waals surface area contributed by atoms with E-state index in [1.54, 1.807) is 0 Å². The van der Waals surface area contributed by atoms with Crippen LogP contribution in [0.2, 0.25) is 0 Å². The van der Waals surface area contributed by atoms with Gasteiger partial charge in [0.25, 0.3) is 0 Å². The van der Waals surface area contributed by atoms with Crippen LogP contribution >= 0.6 is 0 Å². The van der Waals surface area contributed by atoms with Crippen molar-refractivity contribution in [3.63, 3.8) is 0 Å². The van der Waals surface area contributed by atoms with Gasteiger partial charge in [0.1, 0.15) is 0 Å². The Kier molecular flexibility index (Phi) is 3.88. The average molecular weight is 115 g/mol. The third-order valence-electron chi connectivity index (χ3n) is 1.59. The minimum absolute atomic E-state index is 0.750. The molecule has 50 valence electrons. The van der Waals surface area contributed by atoms with Gasteiger partial charge in [-0.15, -0.1) is 0 Å². The molecule has 0 N–H and O–H groups in total. The zero-order valence-corrected chi connectivity index (χ0v) is 6.44. The van der Waals surface area contributed by atoms with E-state index in [4.69, 9.17) is 0 Å². The largest absolute Gasteiger partial charge is 0.307 e. The quantitative estimate of drug-likeness (QED) is 0.541. The summed E-state index contributed by atoms with van der Waals surface area (Å²) in [5.74, 6) is 0. The summed E-state index contributed by atoms with van der Waals surface area (Å²) in [5, 5.41) is 0. The smallest absolute Gasteiger partial charge is 0.00607 e. The molecule has 0 heterocycles.